The van der Waals surface area contributed by atoms with Gasteiger partial charge in [-0.25, -0.2) is 13.1 Å². The van der Waals surface area contributed by atoms with Crippen molar-refractivity contribution in [2.45, 2.75) is 56.6 Å². The Morgan fingerprint density at radius 1 is 1.26 bits per heavy atom. The largest absolute Gasteiger partial charge is 0.497 e. The lowest BCUT2D eigenvalue weighted by molar-refractivity contribution is -0.118. The molecule has 0 aliphatic carbocycles. The molecule has 0 aromatic heterocycles. The highest BCUT2D eigenvalue weighted by Crippen LogP contribution is 2.42. The van der Waals surface area contributed by atoms with E-state index in [0.717, 1.165) is 16.8 Å². The summed E-state index contributed by atoms with van der Waals surface area (Å²) in [5.41, 5.74) is 1.91. The van der Waals surface area contributed by atoms with Gasteiger partial charge in [-0.05, 0) is 62.2 Å². The van der Waals surface area contributed by atoms with Gasteiger partial charge in [-0.3, -0.25) is 4.79 Å². The Morgan fingerprint density at radius 2 is 2.03 bits per heavy atom. The van der Waals surface area contributed by atoms with Crippen LogP contribution < -0.4 is 19.1 Å². The molecule has 31 heavy (non-hydrogen) atoms. The second kappa shape index (κ2) is 7.84. The topological polar surface area (TPSA) is 84.9 Å². The molecule has 8 heteroatoms. The average Bonchev–Trinajstić information content (AvgIpc) is 3.15. The van der Waals surface area contributed by atoms with Crippen molar-refractivity contribution in [3.05, 3.63) is 47.5 Å². The van der Waals surface area contributed by atoms with Crippen molar-refractivity contribution in [2.75, 3.05) is 18.6 Å². The molecule has 1 atom stereocenters. The highest BCUT2D eigenvalue weighted by Gasteiger charge is 2.37. The lowest BCUT2D eigenvalue weighted by atomic mass is 9.90. The highest BCUT2D eigenvalue weighted by molar-refractivity contribution is 7.89. The minimum absolute atomic E-state index is 0.0440. The molecule has 2 aliphatic heterocycles. The predicted octanol–water partition coefficient (Wildman–Crippen LogP) is 3.58. The minimum Gasteiger partial charge on any atom is -0.497 e. The number of hydrogen-bond donors (Lipinski definition) is 1. The summed E-state index contributed by atoms with van der Waals surface area (Å²) < 4.78 is 40.8. The molecule has 0 fully saturated rings. The third kappa shape index (κ3) is 4.14. The first-order chi connectivity index (χ1) is 14.6. The standard InChI is InChI=1S/C23H28N2O5S/c1-5-22(26)25-11-10-15-12-17(7-8-20(15)25)31(27,28)24-19-14-23(2,3)30-21-9-6-16(29-4)13-18(19)21/h6-9,12-13,19,24H,5,10-11,14H2,1-4H3/t19-/m0/s1. The van der Waals surface area contributed by atoms with Gasteiger partial charge in [0.15, 0.2) is 0 Å². The third-order valence-corrected chi connectivity index (χ3v) is 7.30. The molecule has 0 spiro atoms. The van der Waals surface area contributed by atoms with E-state index in [1.807, 2.05) is 32.9 Å². The van der Waals surface area contributed by atoms with Gasteiger partial charge in [0, 0.05) is 30.6 Å². The fourth-order valence-electron chi connectivity index (χ4n) is 4.32. The zero-order chi connectivity index (χ0) is 22.4. The maximum absolute atomic E-state index is 13.3. The molecule has 7 nitrogen and oxygen atoms in total. The van der Waals surface area contributed by atoms with Crippen molar-refractivity contribution in [1.82, 2.24) is 4.72 Å². The van der Waals surface area contributed by atoms with Gasteiger partial charge in [-0.2, -0.15) is 0 Å². The second-order valence-corrected chi connectivity index (χ2v) is 10.3. The lowest BCUT2D eigenvalue weighted by Gasteiger charge is -2.37. The van der Waals surface area contributed by atoms with Crippen LogP contribution in [-0.2, 0) is 21.2 Å². The summed E-state index contributed by atoms with van der Waals surface area (Å²) in [5, 5.41) is 0. The number of ether oxygens (including phenoxy) is 2. The van der Waals surface area contributed by atoms with Crippen LogP contribution in [-0.4, -0.2) is 33.6 Å². The number of carbonyl (C=O) groups is 1. The number of fused-ring (bicyclic) bond motifs is 2. The first kappa shape index (κ1) is 21.6. The molecule has 0 bridgehead atoms. The van der Waals surface area contributed by atoms with E-state index in [-0.39, 0.29) is 10.8 Å². The Kier molecular flexibility index (Phi) is 5.47. The van der Waals surface area contributed by atoms with Crippen LogP contribution in [0.25, 0.3) is 0 Å². The van der Waals surface area contributed by atoms with Gasteiger partial charge in [0.2, 0.25) is 15.9 Å². The predicted molar refractivity (Wildman–Crippen MR) is 118 cm³/mol. The molecule has 2 heterocycles. The van der Waals surface area contributed by atoms with Crippen LogP contribution in [0.15, 0.2) is 41.3 Å². The molecule has 166 valence electrons. The van der Waals surface area contributed by atoms with E-state index in [4.69, 9.17) is 9.47 Å². The van der Waals surface area contributed by atoms with Crippen LogP contribution in [0.4, 0.5) is 5.69 Å². The highest BCUT2D eigenvalue weighted by atomic mass is 32.2. The van der Waals surface area contributed by atoms with Crippen LogP contribution >= 0.6 is 0 Å². The number of amides is 1. The number of nitrogens with zero attached hydrogens (tertiary/aromatic N) is 1. The second-order valence-electron chi connectivity index (χ2n) is 8.58. The lowest BCUT2D eigenvalue weighted by Crippen LogP contribution is -2.41. The molecular formula is C23H28N2O5S. The summed E-state index contributed by atoms with van der Waals surface area (Å²) >= 11 is 0. The maximum atomic E-state index is 13.3. The van der Waals surface area contributed by atoms with Gasteiger partial charge in [0.1, 0.15) is 17.1 Å². The Labute approximate surface area is 183 Å². The van der Waals surface area contributed by atoms with E-state index in [2.05, 4.69) is 4.72 Å². The summed E-state index contributed by atoms with van der Waals surface area (Å²) in [5.74, 6) is 1.33. The number of methoxy groups -OCH3 is 1. The Balaban J connectivity index is 1.65. The molecule has 4 rings (SSSR count). The monoisotopic (exact) mass is 444 g/mol. The number of carbonyl (C=O) groups excluding carboxylic acids is 1. The smallest absolute Gasteiger partial charge is 0.241 e. The van der Waals surface area contributed by atoms with Crippen molar-refractivity contribution in [1.29, 1.82) is 0 Å². The number of anilines is 1. The molecule has 1 amide bonds. The van der Waals surface area contributed by atoms with Gasteiger partial charge in [0.05, 0.1) is 18.0 Å². The molecule has 2 aromatic carbocycles. The zero-order valence-electron chi connectivity index (χ0n) is 18.3. The summed E-state index contributed by atoms with van der Waals surface area (Å²) in [4.78, 5) is 14.0. The number of sulfonamides is 1. The summed E-state index contributed by atoms with van der Waals surface area (Å²) in [6, 6.07) is 9.95. The number of benzene rings is 2. The van der Waals surface area contributed by atoms with Gasteiger partial charge in [-0.15, -0.1) is 0 Å². The number of rotatable bonds is 5. The summed E-state index contributed by atoms with van der Waals surface area (Å²) in [6.07, 6.45) is 1.55. The average molecular weight is 445 g/mol. The van der Waals surface area contributed by atoms with Crippen molar-refractivity contribution in [2.24, 2.45) is 0 Å². The summed E-state index contributed by atoms with van der Waals surface area (Å²) in [7, 11) is -2.21. The van der Waals surface area contributed by atoms with Gasteiger partial charge < -0.3 is 14.4 Å². The maximum Gasteiger partial charge on any atom is 0.241 e. The van der Waals surface area contributed by atoms with E-state index in [1.54, 1.807) is 36.3 Å². The van der Waals surface area contributed by atoms with Crippen molar-refractivity contribution in [3.8, 4) is 11.5 Å². The van der Waals surface area contributed by atoms with Crippen LogP contribution in [0.5, 0.6) is 11.5 Å². The Morgan fingerprint density at radius 3 is 2.74 bits per heavy atom. The van der Waals surface area contributed by atoms with Crippen LogP contribution in [0.2, 0.25) is 0 Å². The molecule has 2 aromatic rings. The van der Waals surface area contributed by atoms with E-state index >= 15 is 0 Å². The minimum atomic E-state index is -3.79. The van der Waals surface area contributed by atoms with E-state index in [9.17, 15) is 13.2 Å². The van der Waals surface area contributed by atoms with Crippen LogP contribution in [0.1, 0.15) is 50.8 Å². The van der Waals surface area contributed by atoms with E-state index < -0.39 is 21.7 Å². The van der Waals surface area contributed by atoms with Gasteiger partial charge in [-0.1, -0.05) is 6.92 Å². The SMILES string of the molecule is CCC(=O)N1CCc2cc(S(=O)(=O)N[C@H]3CC(C)(C)Oc4ccc(OC)cc43)ccc21. The van der Waals surface area contributed by atoms with Crippen molar-refractivity contribution >= 4 is 21.6 Å². The first-order valence-electron chi connectivity index (χ1n) is 10.5. The third-order valence-electron chi connectivity index (χ3n) is 5.83. The Bertz CT molecular complexity index is 1130. The first-order valence-corrected chi connectivity index (χ1v) is 11.9. The van der Waals surface area contributed by atoms with E-state index in [0.29, 0.717) is 37.3 Å². The van der Waals surface area contributed by atoms with Crippen molar-refractivity contribution < 1.29 is 22.7 Å². The quantitative estimate of drug-likeness (QED) is 0.762. The van der Waals surface area contributed by atoms with Gasteiger partial charge in [0.25, 0.3) is 0 Å². The van der Waals surface area contributed by atoms with Gasteiger partial charge >= 0.3 is 0 Å². The molecule has 0 saturated heterocycles. The molecule has 2 aliphatic rings. The zero-order valence-corrected chi connectivity index (χ0v) is 19.1. The molecule has 0 saturated carbocycles. The molecule has 0 unspecified atom stereocenters. The van der Waals surface area contributed by atoms with Crippen molar-refractivity contribution in [3.63, 3.8) is 0 Å². The normalized spacial score (nSPS) is 19.4. The number of hydrogen-bond acceptors (Lipinski definition) is 5. The van der Waals surface area contributed by atoms with E-state index in [1.165, 1.54) is 0 Å². The molecule has 0 radical (unpaired) electrons. The van der Waals surface area contributed by atoms with Crippen LogP contribution in [0, 0.1) is 0 Å². The fraction of sp³-hybridized carbons (Fsp3) is 0.435. The number of nitrogens with one attached hydrogen (secondary N) is 1. The molecule has 1 N–H and O–H groups in total. The molecular weight excluding hydrogens is 416 g/mol. The summed E-state index contributed by atoms with van der Waals surface area (Å²) in [6.45, 7) is 6.29. The Hall–Kier alpha value is -2.58. The van der Waals surface area contributed by atoms with Crippen LogP contribution in [0.3, 0.4) is 0 Å². The fourth-order valence-corrected chi connectivity index (χ4v) is 5.58.